The second kappa shape index (κ2) is 6.28. The van der Waals surface area contributed by atoms with Gasteiger partial charge in [0.2, 0.25) is 0 Å². The van der Waals surface area contributed by atoms with E-state index in [9.17, 15) is 14.5 Å². The summed E-state index contributed by atoms with van der Waals surface area (Å²) < 4.78 is 13.4. The van der Waals surface area contributed by atoms with Crippen LogP contribution in [0.1, 0.15) is 24.8 Å². The number of hydrogen-bond acceptors (Lipinski definition) is 4. The summed E-state index contributed by atoms with van der Waals surface area (Å²) in [5.41, 5.74) is 6.20. The van der Waals surface area contributed by atoms with Gasteiger partial charge in [-0.15, -0.1) is 0 Å². The Morgan fingerprint density at radius 2 is 2.20 bits per heavy atom. The van der Waals surface area contributed by atoms with E-state index in [1.54, 1.807) is 0 Å². The first-order valence-electron chi connectivity index (χ1n) is 6.85. The first-order chi connectivity index (χ1) is 9.51. The van der Waals surface area contributed by atoms with Crippen molar-refractivity contribution in [2.45, 2.75) is 31.8 Å². The lowest BCUT2D eigenvalue weighted by Crippen LogP contribution is -2.37. The van der Waals surface area contributed by atoms with E-state index in [2.05, 4.69) is 4.90 Å². The molecule has 2 unspecified atom stereocenters. The molecule has 1 saturated carbocycles. The zero-order chi connectivity index (χ0) is 14.7. The fraction of sp³-hybridized carbons (Fsp3) is 0.571. The van der Waals surface area contributed by atoms with Crippen LogP contribution in [0.2, 0.25) is 0 Å². The van der Waals surface area contributed by atoms with Crippen molar-refractivity contribution < 1.29 is 9.31 Å². The third-order valence-electron chi connectivity index (χ3n) is 4.07. The van der Waals surface area contributed by atoms with Gasteiger partial charge in [0.1, 0.15) is 5.82 Å². The van der Waals surface area contributed by atoms with E-state index in [4.69, 9.17) is 5.73 Å². The summed E-state index contributed by atoms with van der Waals surface area (Å²) in [6, 6.07) is 4.12. The van der Waals surface area contributed by atoms with Gasteiger partial charge >= 0.3 is 0 Å². The number of rotatable bonds is 5. The molecule has 0 spiro atoms. The molecule has 110 valence electrons. The minimum atomic E-state index is -0.565. The Hall–Kier alpha value is -1.53. The lowest BCUT2D eigenvalue weighted by molar-refractivity contribution is -0.385. The summed E-state index contributed by atoms with van der Waals surface area (Å²) in [6.07, 6.45) is 3.35. The van der Waals surface area contributed by atoms with Crippen LogP contribution in [0, 0.1) is 21.8 Å². The molecule has 1 fully saturated rings. The molecule has 0 saturated heterocycles. The molecule has 2 atom stereocenters. The highest BCUT2D eigenvalue weighted by atomic mass is 19.1. The zero-order valence-electron chi connectivity index (χ0n) is 11.6. The summed E-state index contributed by atoms with van der Waals surface area (Å²) in [7, 11) is 1.97. The highest BCUT2D eigenvalue weighted by Gasteiger charge is 2.29. The quantitative estimate of drug-likeness (QED) is 0.664. The SMILES string of the molecule is CN(Cc1cc(F)cc([N+](=O)[O-])c1)C1CCCC1CN. The summed E-state index contributed by atoms with van der Waals surface area (Å²) in [4.78, 5) is 12.3. The van der Waals surface area contributed by atoms with Crippen molar-refractivity contribution in [3.05, 3.63) is 39.7 Å². The third-order valence-corrected chi connectivity index (χ3v) is 4.07. The number of nitro benzene ring substituents is 1. The Labute approximate surface area is 117 Å². The van der Waals surface area contributed by atoms with E-state index in [-0.39, 0.29) is 5.69 Å². The normalized spacial score (nSPS) is 22.4. The van der Waals surface area contributed by atoms with Crippen molar-refractivity contribution in [1.82, 2.24) is 4.90 Å². The van der Waals surface area contributed by atoms with Crippen LogP contribution in [-0.2, 0) is 6.54 Å². The largest absolute Gasteiger partial charge is 0.330 e. The minimum Gasteiger partial charge on any atom is -0.330 e. The maximum absolute atomic E-state index is 13.4. The maximum atomic E-state index is 13.4. The Morgan fingerprint density at radius 3 is 2.85 bits per heavy atom. The third kappa shape index (κ3) is 3.32. The summed E-state index contributed by atoms with van der Waals surface area (Å²) in [6.45, 7) is 1.15. The number of nitrogens with two attached hydrogens (primary N) is 1. The van der Waals surface area contributed by atoms with Crippen LogP contribution in [0.5, 0.6) is 0 Å². The van der Waals surface area contributed by atoms with Gasteiger partial charge in [-0.1, -0.05) is 6.42 Å². The number of non-ortho nitro benzene ring substituents is 1. The fourth-order valence-electron chi connectivity index (χ4n) is 3.11. The molecule has 0 aliphatic heterocycles. The van der Waals surface area contributed by atoms with Crippen molar-refractivity contribution in [2.75, 3.05) is 13.6 Å². The Morgan fingerprint density at radius 1 is 1.45 bits per heavy atom. The number of benzene rings is 1. The van der Waals surface area contributed by atoms with Gasteiger partial charge in [0.25, 0.3) is 5.69 Å². The average Bonchev–Trinajstić information content (AvgIpc) is 2.86. The lowest BCUT2D eigenvalue weighted by atomic mass is 10.0. The number of halogens is 1. The van der Waals surface area contributed by atoms with Gasteiger partial charge in [-0.3, -0.25) is 15.0 Å². The van der Waals surface area contributed by atoms with Gasteiger partial charge in [-0.25, -0.2) is 4.39 Å². The molecule has 5 nitrogen and oxygen atoms in total. The van der Waals surface area contributed by atoms with E-state index in [1.807, 2.05) is 7.05 Å². The Bertz CT molecular complexity index is 495. The highest BCUT2D eigenvalue weighted by molar-refractivity contribution is 5.35. The molecular weight excluding hydrogens is 261 g/mol. The molecule has 1 aliphatic rings. The Kier molecular flexibility index (Phi) is 4.67. The van der Waals surface area contributed by atoms with Crippen LogP contribution in [0.15, 0.2) is 18.2 Å². The molecule has 0 aromatic heterocycles. The molecule has 20 heavy (non-hydrogen) atoms. The molecule has 0 amide bonds. The van der Waals surface area contributed by atoms with E-state index < -0.39 is 10.7 Å². The van der Waals surface area contributed by atoms with Gasteiger partial charge < -0.3 is 5.73 Å². The fourth-order valence-corrected chi connectivity index (χ4v) is 3.11. The van der Waals surface area contributed by atoms with Crippen LogP contribution < -0.4 is 5.73 Å². The smallest absolute Gasteiger partial charge is 0.272 e. The predicted molar refractivity (Wildman–Crippen MR) is 74.7 cm³/mol. The predicted octanol–water partition coefficient (Wildman–Crippen LogP) is 2.29. The molecule has 1 aromatic rings. The van der Waals surface area contributed by atoms with Crippen molar-refractivity contribution in [1.29, 1.82) is 0 Å². The maximum Gasteiger partial charge on any atom is 0.272 e. The number of nitro groups is 1. The van der Waals surface area contributed by atoms with Crippen LogP contribution in [0.4, 0.5) is 10.1 Å². The van der Waals surface area contributed by atoms with Gasteiger partial charge in [-0.2, -0.15) is 0 Å². The topological polar surface area (TPSA) is 72.4 Å². The summed E-state index contributed by atoms with van der Waals surface area (Å²) >= 11 is 0. The van der Waals surface area contributed by atoms with Crippen molar-refractivity contribution >= 4 is 5.69 Å². The lowest BCUT2D eigenvalue weighted by Gasteiger charge is -2.29. The van der Waals surface area contributed by atoms with Crippen LogP contribution >= 0.6 is 0 Å². The molecule has 0 bridgehead atoms. The second-order valence-corrected chi connectivity index (χ2v) is 5.48. The van der Waals surface area contributed by atoms with Crippen LogP contribution in [0.25, 0.3) is 0 Å². The first kappa shape index (κ1) is 14.9. The minimum absolute atomic E-state index is 0.199. The Balaban J connectivity index is 2.11. The van der Waals surface area contributed by atoms with Gasteiger partial charge in [-0.05, 0) is 44.0 Å². The van der Waals surface area contributed by atoms with Crippen LogP contribution in [-0.4, -0.2) is 29.5 Å². The second-order valence-electron chi connectivity index (χ2n) is 5.48. The number of hydrogen-bond donors (Lipinski definition) is 1. The molecule has 1 aliphatic carbocycles. The molecule has 2 N–H and O–H groups in total. The van der Waals surface area contributed by atoms with Gasteiger partial charge in [0, 0.05) is 18.7 Å². The van der Waals surface area contributed by atoms with E-state index in [0.717, 1.165) is 25.3 Å². The summed E-state index contributed by atoms with van der Waals surface area (Å²) in [5.74, 6) is -0.104. The standard InChI is InChI=1S/C14H20FN3O2/c1-17(14-4-2-3-11(14)8-16)9-10-5-12(15)7-13(6-10)18(19)20/h5-7,11,14H,2-4,8-9,16H2,1H3. The summed E-state index contributed by atoms with van der Waals surface area (Å²) in [5, 5.41) is 10.8. The molecule has 1 aromatic carbocycles. The monoisotopic (exact) mass is 281 g/mol. The molecule has 0 heterocycles. The zero-order valence-corrected chi connectivity index (χ0v) is 11.6. The molecule has 2 rings (SSSR count). The van der Waals surface area contributed by atoms with Gasteiger partial charge in [0.05, 0.1) is 11.0 Å². The van der Waals surface area contributed by atoms with Crippen LogP contribution in [0.3, 0.4) is 0 Å². The van der Waals surface area contributed by atoms with E-state index >= 15 is 0 Å². The first-order valence-corrected chi connectivity index (χ1v) is 6.85. The van der Waals surface area contributed by atoms with E-state index in [1.165, 1.54) is 12.1 Å². The number of nitrogens with zero attached hydrogens (tertiary/aromatic N) is 2. The molecular formula is C14H20FN3O2. The average molecular weight is 281 g/mol. The van der Waals surface area contributed by atoms with Crippen molar-refractivity contribution in [3.63, 3.8) is 0 Å². The molecule has 6 heteroatoms. The van der Waals surface area contributed by atoms with Crippen molar-refractivity contribution in [2.24, 2.45) is 11.7 Å². The van der Waals surface area contributed by atoms with Gasteiger partial charge in [0.15, 0.2) is 0 Å². The molecule has 0 radical (unpaired) electrons. The van der Waals surface area contributed by atoms with E-state index in [0.29, 0.717) is 30.6 Å². The highest BCUT2D eigenvalue weighted by Crippen LogP contribution is 2.29. The van der Waals surface area contributed by atoms with Crippen molar-refractivity contribution in [3.8, 4) is 0 Å².